The first-order valence-corrected chi connectivity index (χ1v) is 8.83. The summed E-state index contributed by atoms with van der Waals surface area (Å²) in [5, 5.41) is 0.606. The molecule has 0 aromatic rings. The third kappa shape index (κ3) is 3.57. The first-order chi connectivity index (χ1) is 10.1. The van der Waals surface area contributed by atoms with Gasteiger partial charge in [-0.15, -0.1) is 0 Å². The molecule has 0 atom stereocenters. The lowest BCUT2D eigenvalue weighted by atomic mass is 9.63. The Kier molecular flexibility index (Phi) is 4.81. The first kappa shape index (κ1) is 15.6. The quantitative estimate of drug-likeness (QED) is 0.807. The van der Waals surface area contributed by atoms with Crippen molar-refractivity contribution in [3.05, 3.63) is 0 Å². The standard InChI is InChI=1S/C16H28N2O2S/c1-20-13-2-6-17(7-3-13)12-15(19)18-8-4-16(5-9-18)10-14(21)11-16/h13-14,21H,2-12H2,1H3. The van der Waals surface area contributed by atoms with Crippen LogP contribution in [0.15, 0.2) is 0 Å². The largest absolute Gasteiger partial charge is 0.381 e. The van der Waals surface area contributed by atoms with Crippen LogP contribution in [0.4, 0.5) is 0 Å². The van der Waals surface area contributed by atoms with E-state index in [4.69, 9.17) is 4.74 Å². The number of ether oxygens (including phenoxy) is 1. The van der Waals surface area contributed by atoms with Gasteiger partial charge in [0.2, 0.25) is 5.91 Å². The van der Waals surface area contributed by atoms with Gasteiger partial charge in [0.25, 0.3) is 0 Å². The number of hydrogen-bond donors (Lipinski definition) is 1. The molecule has 120 valence electrons. The van der Waals surface area contributed by atoms with Crippen LogP contribution in [0.25, 0.3) is 0 Å². The van der Waals surface area contributed by atoms with Gasteiger partial charge >= 0.3 is 0 Å². The summed E-state index contributed by atoms with van der Waals surface area (Å²) in [6.45, 7) is 4.48. The highest BCUT2D eigenvalue weighted by Gasteiger charge is 2.44. The van der Waals surface area contributed by atoms with Crippen molar-refractivity contribution in [3.8, 4) is 0 Å². The lowest BCUT2D eigenvalue weighted by Gasteiger charge is -2.51. The Balaban J connectivity index is 1.40. The highest BCUT2D eigenvalue weighted by atomic mass is 32.1. The zero-order chi connectivity index (χ0) is 14.9. The van der Waals surface area contributed by atoms with Crippen LogP contribution < -0.4 is 0 Å². The average molecular weight is 312 g/mol. The molecule has 21 heavy (non-hydrogen) atoms. The number of methoxy groups -OCH3 is 1. The SMILES string of the molecule is COC1CCN(CC(=O)N2CCC3(CC2)CC(S)C3)CC1. The predicted molar refractivity (Wildman–Crippen MR) is 86.7 cm³/mol. The molecule has 4 nitrogen and oxygen atoms in total. The van der Waals surface area contributed by atoms with E-state index in [0.29, 0.717) is 29.2 Å². The van der Waals surface area contributed by atoms with Crippen molar-refractivity contribution < 1.29 is 9.53 Å². The second-order valence-corrected chi connectivity index (χ2v) is 7.88. The molecule has 3 fully saturated rings. The number of rotatable bonds is 3. The van der Waals surface area contributed by atoms with E-state index in [2.05, 4.69) is 22.4 Å². The molecule has 1 saturated carbocycles. The van der Waals surface area contributed by atoms with Gasteiger partial charge in [0.15, 0.2) is 0 Å². The zero-order valence-corrected chi connectivity index (χ0v) is 14.0. The Labute approximate surface area is 133 Å². The molecule has 3 aliphatic rings. The molecule has 0 N–H and O–H groups in total. The van der Waals surface area contributed by atoms with Crippen molar-refractivity contribution in [2.75, 3.05) is 39.8 Å². The highest BCUT2D eigenvalue weighted by Crippen LogP contribution is 2.51. The van der Waals surface area contributed by atoms with Crippen molar-refractivity contribution in [3.63, 3.8) is 0 Å². The second kappa shape index (κ2) is 6.47. The Morgan fingerprint density at radius 1 is 1.19 bits per heavy atom. The fraction of sp³-hybridized carbons (Fsp3) is 0.938. The molecule has 0 aromatic carbocycles. The van der Waals surface area contributed by atoms with Crippen LogP contribution in [0.1, 0.15) is 38.5 Å². The molecule has 0 aromatic heterocycles. The Hall–Kier alpha value is -0.260. The zero-order valence-electron chi connectivity index (χ0n) is 13.1. The Morgan fingerprint density at radius 3 is 2.33 bits per heavy atom. The van der Waals surface area contributed by atoms with Crippen LogP contribution in [0, 0.1) is 5.41 Å². The van der Waals surface area contributed by atoms with Crippen molar-refractivity contribution in [1.82, 2.24) is 9.80 Å². The summed E-state index contributed by atoms with van der Waals surface area (Å²) in [6, 6.07) is 0. The molecule has 0 radical (unpaired) electrons. The average Bonchev–Trinajstić information content (AvgIpc) is 2.47. The molecule has 3 rings (SSSR count). The maximum absolute atomic E-state index is 12.4. The fourth-order valence-electron chi connectivity index (χ4n) is 4.17. The van der Waals surface area contributed by atoms with E-state index in [-0.39, 0.29) is 0 Å². The van der Waals surface area contributed by atoms with Gasteiger partial charge in [-0.2, -0.15) is 12.6 Å². The maximum Gasteiger partial charge on any atom is 0.236 e. The van der Waals surface area contributed by atoms with E-state index in [1.807, 2.05) is 0 Å². The Morgan fingerprint density at radius 2 is 1.81 bits per heavy atom. The monoisotopic (exact) mass is 312 g/mol. The molecule has 0 bridgehead atoms. The molecule has 1 amide bonds. The van der Waals surface area contributed by atoms with Crippen LogP contribution in [0.3, 0.4) is 0 Å². The molecule has 2 saturated heterocycles. The van der Waals surface area contributed by atoms with Crippen LogP contribution >= 0.6 is 12.6 Å². The van der Waals surface area contributed by atoms with Gasteiger partial charge in [-0.25, -0.2) is 0 Å². The molecule has 1 spiro atoms. The minimum absolute atomic E-state index is 0.322. The number of carbonyl (C=O) groups excluding carboxylic acids is 1. The van der Waals surface area contributed by atoms with Crippen molar-refractivity contribution >= 4 is 18.5 Å². The number of carbonyl (C=O) groups is 1. The van der Waals surface area contributed by atoms with Crippen LogP contribution in [-0.2, 0) is 9.53 Å². The summed E-state index contributed by atoms with van der Waals surface area (Å²) in [5.74, 6) is 0.322. The van der Waals surface area contributed by atoms with Crippen molar-refractivity contribution in [2.24, 2.45) is 5.41 Å². The van der Waals surface area contributed by atoms with Crippen molar-refractivity contribution in [2.45, 2.75) is 49.9 Å². The van der Waals surface area contributed by atoms with Crippen molar-refractivity contribution in [1.29, 1.82) is 0 Å². The Bertz CT molecular complexity index is 366. The molecular weight excluding hydrogens is 284 g/mol. The summed E-state index contributed by atoms with van der Waals surface area (Å²) >= 11 is 4.54. The number of thiol groups is 1. The van der Waals surface area contributed by atoms with Crippen LogP contribution in [0.2, 0.25) is 0 Å². The lowest BCUT2D eigenvalue weighted by Crippen LogP contribution is -2.51. The van der Waals surface area contributed by atoms with Gasteiger partial charge in [0, 0.05) is 38.5 Å². The minimum Gasteiger partial charge on any atom is -0.381 e. The number of hydrogen-bond acceptors (Lipinski definition) is 4. The van der Waals surface area contributed by atoms with Gasteiger partial charge < -0.3 is 9.64 Å². The predicted octanol–water partition coefficient (Wildman–Crippen LogP) is 1.80. The van der Waals surface area contributed by atoms with Gasteiger partial charge in [0.05, 0.1) is 12.6 Å². The normalized spacial score (nSPS) is 27.8. The smallest absolute Gasteiger partial charge is 0.236 e. The van der Waals surface area contributed by atoms with Crippen LogP contribution in [-0.4, -0.2) is 66.9 Å². The fourth-order valence-corrected chi connectivity index (χ4v) is 4.95. The van der Waals surface area contributed by atoms with Gasteiger partial charge in [-0.3, -0.25) is 9.69 Å². The summed E-state index contributed by atoms with van der Waals surface area (Å²) in [5.41, 5.74) is 0.528. The molecular formula is C16H28N2O2S. The molecule has 1 aliphatic carbocycles. The second-order valence-electron chi connectivity index (χ2n) is 7.15. The summed E-state index contributed by atoms with van der Waals surface area (Å²) < 4.78 is 5.38. The summed E-state index contributed by atoms with van der Waals surface area (Å²) in [7, 11) is 1.78. The van der Waals surface area contributed by atoms with Gasteiger partial charge in [-0.1, -0.05) is 0 Å². The summed E-state index contributed by atoms with van der Waals surface area (Å²) in [4.78, 5) is 16.8. The summed E-state index contributed by atoms with van der Waals surface area (Å²) in [6.07, 6.45) is 7.36. The molecule has 2 heterocycles. The third-order valence-corrected chi connectivity index (χ3v) is 6.11. The number of amides is 1. The minimum atomic E-state index is 0.322. The topological polar surface area (TPSA) is 32.8 Å². The van der Waals surface area contributed by atoms with E-state index < -0.39 is 0 Å². The maximum atomic E-state index is 12.4. The van der Waals surface area contributed by atoms with E-state index >= 15 is 0 Å². The molecule has 0 unspecified atom stereocenters. The lowest BCUT2D eigenvalue weighted by molar-refractivity contribution is -0.136. The molecule has 5 heteroatoms. The number of piperidine rings is 2. The molecule has 2 aliphatic heterocycles. The van der Waals surface area contributed by atoms with E-state index in [1.165, 1.54) is 25.7 Å². The van der Waals surface area contributed by atoms with Crippen LogP contribution in [0.5, 0.6) is 0 Å². The third-order valence-electron chi connectivity index (χ3n) is 5.74. The number of likely N-dealkylation sites (tertiary alicyclic amines) is 2. The van der Waals surface area contributed by atoms with E-state index in [0.717, 1.165) is 39.0 Å². The highest BCUT2D eigenvalue weighted by molar-refractivity contribution is 7.81. The van der Waals surface area contributed by atoms with Gasteiger partial charge in [-0.05, 0) is 43.9 Å². The first-order valence-electron chi connectivity index (χ1n) is 8.31. The van der Waals surface area contributed by atoms with Gasteiger partial charge in [0.1, 0.15) is 0 Å². The van der Waals surface area contributed by atoms with E-state index in [9.17, 15) is 4.79 Å². The number of nitrogens with zero attached hydrogens (tertiary/aromatic N) is 2. The van der Waals surface area contributed by atoms with E-state index in [1.54, 1.807) is 7.11 Å².